The number of aromatic nitrogens is 2. The third-order valence-electron chi connectivity index (χ3n) is 4.55. The number of benzene rings is 2. The van der Waals surface area contributed by atoms with E-state index in [0.717, 1.165) is 6.42 Å². The second kappa shape index (κ2) is 7.24. The van der Waals surface area contributed by atoms with Crippen molar-refractivity contribution in [1.82, 2.24) is 10.2 Å². The zero-order valence-corrected chi connectivity index (χ0v) is 15.9. The van der Waals surface area contributed by atoms with E-state index in [0.29, 0.717) is 22.6 Å². The van der Waals surface area contributed by atoms with Gasteiger partial charge in [-0.1, -0.05) is 24.6 Å². The summed E-state index contributed by atoms with van der Waals surface area (Å²) in [6.07, 6.45) is 2.09. The number of rotatable bonds is 4. The van der Waals surface area contributed by atoms with Crippen molar-refractivity contribution >= 4 is 28.8 Å². The Kier molecular flexibility index (Phi) is 4.77. The van der Waals surface area contributed by atoms with Crippen molar-refractivity contribution in [3.8, 4) is 17.0 Å². The van der Waals surface area contributed by atoms with Gasteiger partial charge in [0.2, 0.25) is 0 Å². The Morgan fingerprint density at radius 3 is 2.79 bits per heavy atom. The van der Waals surface area contributed by atoms with Crippen LogP contribution in [0.1, 0.15) is 25.8 Å². The van der Waals surface area contributed by atoms with E-state index in [1.54, 1.807) is 6.07 Å². The molecule has 1 atom stereocenters. The zero-order chi connectivity index (χ0) is 19.8. The van der Waals surface area contributed by atoms with Crippen LogP contribution in [-0.4, -0.2) is 22.1 Å². The number of nitrogens with zero attached hydrogens (tertiary/aromatic N) is 2. The van der Waals surface area contributed by atoms with Crippen molar-refractivity contribution in [3.63, 3.8) is 0 Å². The molecular formula is C20H17ClF2N4O. The van der Waals surface area contributed by atoms with Gasteiger partial charge in [0.15, 0.2) is 11.6 Å². The second-order valence-corrected chi connectivity index (χ2v) is 6.88. The Labute approximate surface area is 165 Å². The SMILES string of the molecule is CC[C@@H](C)Oc1cc2c(cc1F)-c1[nH]ncc1NC(c1c(F)cccc1Cl)=N2. The molecule has 28 heavy (non-hydrogen) atoms. The summed E-state index contributed by atoms with van der Waals surface area (Å²) in [4.78, 5) is 4.54. The maximum absolute atomic E-state index is 14.6. The normalized spacial score (nSPS) is 13.7. The highest BCUT2D eigenvalue weighted by molar-refractivity contribution is 6.35. The lowest BCUT2D eigenvalue weighted by atomic mass is 10.1. The lowest BCUT2D eigenvalue weighted by Crippen LogP contribution is -2.15. The van der Waals surface area contributed by atoms with Gasteiger partial charge in [-0.2, -0.15) is 5.10 Å². The Morgan fingerprint density at radius 2 is 2.04 bits per heavy atom. The summed E-state index contributed by atoms with van der Waals surface area (Å²) in [5.74, 6) is -0.753. The van der Waals surface area contributed by atoms with Crippen molar-refractivity contribution in [1.29, 1.82) is 0 Å². The lowest BCUT2D eigenvalue weighted by molar-refractivity contribution is 0.208. The predicted octanol–water partition coefficient (Wildman–Crippen LogP) is 5.69. The van der Waals surface area contributed by atoms with Crippen molar-refractivity contribution in [2.45, 2.75) is 26.4 Å². The summed E-state index contributed by atoms with van der Waals surface area (Å²) < 4.78 is 34.8. The smallest absolute Gasteiger partial charge is 0.165 e. The maximum atomic E-state index is 14.6. The molecule has 3 aromatic rings. The third-order valence-corrected chi connectivity index (χ3v) is 4.86. The number of anilines is 1. The highest BCUT2D eigenvalue weighted by Crippen LogP contribution is 2.41. The van der Waals surface area contributed by atoms with Crippen LogP contribution < -0.4 is 10.1 Å². The summed E-state index contributed by atoms with van der Waals surface area (Å²) >= 11 is 6.22. The highest BCUT2D eigenvalue weighted by Gasteiger charge is 2.24. The van der Waals surface area contributed by atoms with Gasteiger partial charge in [0.1, 0.15) is 11.7 Å². The summed E-state index contributed by atoms with van der Waals surface area (Å²) in [6, 6.07) is 7.23. The molecule has 144 valence electrons. The van der Waals surface area contributed by atoms with Crippen LogP contribution in [-0.2, 0) is 0 Å². The lowest BCUT2D eigenvalue weighted by Gasteiger charge is -2.15. The minimum Gasteiger partial charge on any atom is -0.488 e. The number of H-pyrrole nitrogens is 1. The zero-order valence-electron chi connectivity index (χ0n) is 15.2. The summed E-state index contributed by atoms with van der Waals surface area (Å²) in [5.41, 5.74) is 2.08. The van der Waals surface area contributed by atoms with Gasteiger partial charge in [0.25, 0.3) is 0 Å². The number of fused-ring (bicyclic) bond motifs is 3. The summed E-state index contributed by atoms with van der Waals surface area (Å²) in [7, 11) is 0. The molecule has 0 unspecified atom stereocenters. The fourth-order valence-corrected chi connectivity index (χ4v) is 3.18. The van der Waals surface area contributed by atoms with Gasteiger partial charge in [-0.3, -0.25) is 5.10 Å². The molecule has 2 aromatic carbocycles. The molecule has 0 saturated heterocycles. The van der Waals surface area contributed by atoms with Crippen LogP contribution in [0.4, 0.5) is 20.2 Å². The van der Waals surface area contributed by atoms with E-state index >= 15 is 0 Å². The van der Waals surface area contributed by atoms with Gasteiger partial charge in [-0.15, -0.1) is 0 Å². The molecule has 1 aromatic heterocycles. The molecule has 0 amide bonds. The number of ether oxygens (including phenoxy) is 1. The molecule has 0 spiro atoms. The molecule has 4 rings (SSSR count). The van der Waals surface area contributed by atoms with E-state index in [1.807, 2.05) is 13.8 Å². The first-order valence-electron chi connectivity index (χ1n) is 8.82. The van der Waals surface area contributed by atoms with Crippen LogP contribution in [0.15, 0.2) is 41.5 Å². The van der Waals surface area contributed by atoms with Crippen molar-refractivity contribution in [2.75, 3.05) is 5.32 Å². The van der Waals surface area contributed by atoms with E-state index in [9.17, 15) is 8.78 Å². The predicted molar refractivity (Wildman–Crippen MR) is 106 cm³/mol. The molecule has 0 aliphatic carbocycles. The highest BCUT2D eigenvalue weighted by atomic mass is 35.5. The van der Waals surface area contributed by atoms with E-state index in [-0.39, 0.29) is 28.3 Å². The topological polar surface area (TPSA) is 62.3 Å². The Morgan fingerprint density at radius 1 is 1.21 bits per heavy atom. The Hall–Kier alpha value is -2.93. The van der Waals surface area contributed by atoms with Gasteiger partial charge in [0.05, 0.1) is 40.0 Å². The fraction of sp³-hybridized carbons (Fsp3) is 0.200. The molecule has 1 aliphatic rings. The van der Waals surface area contributed by atoms with Crippen molar-refractivity contribution < 1.29 is 13.5 Å². The third kappa shape index (κ3) is 3.22. The number of halogens is 3. The molecule has 0 fully saturated rings. The fourth-order valence-electron chi connectivity index (χ4n) is 2.93. The average Bonchev–Trinajstić information content (AvgIpc) is 3.06. The van der Waals surface area contributed by atoms with E-state index < -0.39 is 11.6 Å². The van der Waals surface area contributed by atoms with Crippen LogP contribution in [0.25, 0.3) is 11.3 Å². The number of nitrogens with one attached hydrogen (secondary N) is 2. The largest absolute Gasteiger partial charge is 0.488 e. The molecule has 8 heteroatoms. The maximum Gasteiger partial charge on any atom is 0.165 e. The standard InChI is InChI=1S/C20H17ClF2N4O/c1-3-10(2)28-17-8-15-11(7-14(17)23)19-16(9-24-27-19)26-20(25-15)18-12(21)5-4-6-13(18)22/h4-10H,3H2,1-2H3,(H,24,27)(H,25,26)/t10-/m1/s1. The number of hydrogen-bond donors (Lipinski definition) is 2. The number of amidine groups is 1. The van der Waals surface area contributed by atoms with E-state index in [4.69, 9.17) is 16.3 Å². The molecular weight excluding hydrogens is 386 g/mol. The minimum atomic E-state index is -0.523. The van der Waals surface area contributed by atoms with E-state index in [1.165, 1.54) is 30.5 Å². The van der Waals surface area contributed by atoms with Crippen LogP contribution in [0.5, 0.6) is 5.75 Å². The summed E-state index contributed by atoms with van der Waals surface area (Å²) in [5, 5.41) is 10.1. The first-order chi connectivity index (χ1) is 13.5. The van der Waals surface area contributed by atoms with Crippen LogP contribution >= 0.6 is 11.6 Å². The van der Waals surface area contributed by atoms with Gasteiger partial charge >= 0.3 is 0 Å². The number of aromatic amines is 1. The van der Waals surface area contributed by atoms with Crippen molar-refractivity contribution in [2.24, 2.45) is 4.99 Å². The molecule has 0 bridgehead atoms. The van der Waals surface area contributed by atoms with Gasteiger partial charge < -0.3 is 10.1 Å². The van der Waals surface area contributed by atoms with Crippen molar-refractivity contribution in [3.05, 3.63) is 58.7 Å². The molecule has 1 aliphatic heterocycles. The average molecular weight is 403 g/mol. The monoisotopic (exact) mass is 402 g/mol. The minimum absolute atomic E-state index is 0.0822. The number of hydrogen-bond acceptors (Lipinski definition) is 4. The first kappa shape index (κ1) is 18.4. The Balaban J connectivity index is 1.92. The molecule has 0 saturated carbocycles. The molecule has 5 nitrogen and oxygen atoms in total. The second-order valence-electron chi connectivity index (χ2n) is 6.48. The van der Waals surface area contributed by atoms with Crippen LogP contribution in [0.3, 0.4) is 0 Å². The molecule has 0 radical (unpaired) electrons. The molecule has 2 heterocycles. The van der Waals surface area contributed by atoms with Gasteiger partial charge in [-0.25, -0.2) is 13.8 Å². The van der Waals surface area contributed by atoms with Crippen LogP contribution in [0.2, 0.25) is 5.02 Å². The number of aliphatic imine (C=N–C) groups is 1. The first-order valence-corrected chi connectivity index (χ1v) is 9.19. The quantitative estimate of drug-likeness (QED) is 0.589. The Bertz CT molecular complexity index is 1060. The van der Waals surface area contributed by atoms with Gasteiger partial charge in [-0.05, 0) is 31.5 Å². The summed E-state index contributed by atoms with van der Waals surface area (Å²) in [6.45, 7) is 3.80. The molecule has 2 N–H and O–H groups in total. The van der Waals surface area contributed by atoms with E-state index in [2.05, 4.69) is 20.5 Å². The van der Waals surface area contributed by atoms with Gasteiger partial charge in [0, 0.05) is 11.6 Å². The van der Waals surface area contributed by atoms with Crippen LogP contribution in [0, 0.1) is 11.6 Å².